The number of aromatic nitrogens is 1. The number of anilines is 1. The van der Waals surface area contributed by atoms with Gasteiger partial charge < -0.3 is 9.84 Å². The van der Waals surface area contributed by atoms with Crippen molar-refractivity contribution >= 4 is 17.4 Å². The maximum atomic E-state index is 5.77. The van der Waals surface area contributed by atoms with Crippen LogP contribution >= 0.6 is 11.6 Å². The molecule has 0 fully saturated rings. The second-order valence-electron chi connectivity index (χ2n) is 2.83. The zero-order valence-corrected chi connectivity index (χ0v) is 8.38. The summed E-state index contributed by atoms with van der Waals surface area (Å²) in [6, 6.07) is 9.25. The Hall–Kier alpha value is -1.48. The molecule has 3 nitrogen and oxygen atoms in total. The van der Waals surface area contributed by atoms with Gasteiger partial charge in [0.1, 0.15) is 0 Å². The predicted molar refractivity (Wildman–Crippen MR) is 56.5 cm³/mol. The summed E-state index contributed by atoms with van der Waals surface area (Å²) in [6.45, 7) is 0. The summed E-state index contributed by atoms with van der Waals surface area (Å²) in [5, 5.41) is 7.42. The average Bonchev–Trinajstić information content (AvgIpc) is 2.67. The van der Waals surface area contributed by atoms with Gasteiger partial charge in [-0.3, -0.25) is 0 Å². The SMILES string of the molecule is CNc1cc(-c2ccc(Cl)cc2)on1. The molecule has 0 saturated carbocycles. The van der Waals surface area contributed by atoms with Gasteiger partial charge in [-0.25, -0.2) is 0 Å². The summed E-state index contributed by atoms with van der Waals surface area (Å²) < 4.78 is 5.13. The van der Waals surface area contributed by atoms with Crippen molar-refractivity contribution in [2.24, 2.45) is 0 Å². The number of nitrogens with zero attached hydrogens (tertiary/aromatic N) is 1. The third-order valence-corrected chi connectivity index (χ3v) is 2.15. The van der Waals surface area contributed by atoms with Crippen LogP contribution in [0.4, 0.5) is 5.82 Å². The van der Waals surface area contributed by atoms with E-state index in [0.717, 1.165) is 17.1 Å². The number of hydrogen-bond acceptors (Lipinski definition) is 3. The fourth-order valence-corrected chi connectivity index (χ4v) is 1.27. The molecule has 0 unspecified atom stereocenters. The van der Waals surface area contributed by atoms with E-state index in [-0.39, 0.29) is 0 Å². The quantitative estimate of drug-likeness (QED) is 0.825. The van der Waals surface area contributed by atoms with Crippen LogP contribution < -0.4 is 5.32 Å². The fraction of sp³-hybridized carbons (Fsp3) is 0.100. The molecule has 0 radical (unpaired) electrons. The first-order valence-corrected chi connectivity index (χ1v) is 4.58. The second-order valence-corrected chi connectivity index (χ2v) is 3.27. The van der Waals surface area contributed by atoms with E-state index in [2.05, 4.69) is 10.5 Å². The largest absolute Gasteiger partial charge is 0.370 e. The van der Waals surface area contributed by atoms with Crippen molar-refractivity contribution < 1.29 is 4.52 Å². The van der Waals surface area contributed by atoms with Gasteiger partial charge in [0.15, 0.2) is 11.6 Å². The molecule has 0 aliphatic carbocycles. The third kappa shape index (κ3) is 1.72. The van der Waals surface area contributed by atoms with E-state index >= 15 is 0 Å². The molecule has 14 heavy (non-hydrogen) atoms. The summed E-state index contributed by atoms with van der Waals surface area (Å²) in [5.41, 5.74) is 0.961. The Kier molecular flexibility index (Phi) is 2.41. The lowest BCUT2D eigenvalue weighted by Crippen LogP contribution is -1.84. The molecule has 0 bridgehead atoms. The van der Waals surface area contributed by atoms with Crippen molar-refractivity contribution in [1.29, 1.82) is 0 Å². The smallest absolute Gasteiger partial charge is 0.169 e. The lowest BCUT2D eigenvalue weighted by atomic mass is 10.2. The van der Waals surface area contributed by atoms with Crippen LogP contribution in [0.1, 0.15) is 0 Å². The molecular weight excluding hydrogens is 200 g/mol. The van der Waals surface area contributed by atoms with Gasteiger partial charge in [0.25, 0.3) is 0 Å². The topological polar surface area (TPSA) is 38.1 Å². The summed E-state index contributed by atoms with van der Waals surface area (Å²) >= 11 is 5.77. The van der Waals surface area contributed by atoms with Crippen LogP contribution in [0.2, 0.25) is 5.02 Å². The van der Waals surface area contributed by atoms with Crippen molar-refractivity contribution in [2.75, 3.05) is 12.4 Å². The highest BCUT2D eigenvalue weighted by Gasteiger charge is 2.04. The molecule has 0 amide bonds. The third-order valence-electron chi connectivity index (χ3n) is 1.90. The molecule has 1 aromatic heterocycles. The van der Waals surface area contributed by atoms with Crippen LogP contribution in [0.3, 0.4) is 0 Å². The highest BCUT2D eigenvalue weighted by Crippen LogP contribution is 2.23. The van der Waals surface area contributed by atoms with E-state index in [1.54, 1.807) is 7.05 Å². The molecule has 2 aromatic rings. The van der Waals surface area contributed by atoms with Crippen LogP contribution in [0, 0.1) is 0 Å². The summed E-state index contributed by atoms with van der Waals surface area (Å²) in [7, 11) is 1.80. The Labute approximate surface area is 86.7 Å². The maximum Gasteiger partial charge on any atom is 0.169 e. The molecule has 0 spiro atoms. The van der Waals surface area contributed by atoms with E-state index in [0.29, 0.717) is 5.02 Å². The normalized spacial score (nSPS) is 10.1. The summed E-state index contributed by atoms with van der Waals surface area (Å²) in [5.74, 6) is 1.45. The van der Waals surface area contributed by atoms with Crippen LogP contribution in [-0.4, -0.2) is 12.2 Å². The van der Waals surface area contributed by atoms with Crippen molar-refractivity contribution in [2.45, 2.75) is 0 Å². The van der Waals surface area contributed by atoms with Gasteiger partial charge >= 0.3 is 0 Å². The molecule has 4 heteroatoms. The molecule has 0 aliphatic rings. The highest BCUT2D eigenvalue weighted by molar-refractivity contribution is 6.30. The van der Waals surface area contributed by atoms with E-state index < -0.39 is 0 Å². The lowest BCUT2D eigenvalue weighted by molar-refractivity contribution is 0.435. The Morgan fingerprint density at radius 3 is 2.57 bits per heavy atom. The Bertz CT molecular complexity index is 422. The lowest BCUT2D eigenvalue weighted by Gasteiger charge is -1.93. The molecule has 1 N–H and O–H groups in total. The number of hydrogen-bond donors (Lipinski definition) is 1. The van der Waals surface area contributed by atoms with Gasteiger partial charge in [0.2, 0.25) is 0 Å². The number of nitrogens with one attached hydrogen (secondary N) is 1. The highest BCUT2D eigenvalue weighted by atomic mass is 35.5. The molecular formula is C10H9ClN2O. The van der Waals surface area contributed by atoms with Gasteiger partial charge in [0, 0.05) is 23.7 Å². The van der Waals surface area contributed by atoms with Gasteiger partial charge in [-0.15, -0.1) is 0 Å². The fourth-order valence-electron chi connectivity index (χ4n) is 1.14. The van der Waals surface area contributed by atoms with Crippen LogP contribution in [-0.2, 0) is 0 Å². The van der Waals surface area contributed by atoms with E-state index in [4.69, 9.17) is 16.1 Å². The van der Waals surface area contributed by atoms with Crippen molar-refractivity contribution in [3.63, 3.8) is 0 Å². The van der Waals surface area contributed by atoms with Gasteiger partial charge in [-0.2, -0.15) is 0 Å². The minimum atomic E-state index is 0.710. The maximum absolute atomic E-state index is 5.77. The Morgan fingerprint density at radius 2 is 2.00 bits per heavy atom. The second kappa shape index (κ2) is 3.72. The van der Waals surface area contributed by atoms with Crippen LogP contribution in [0.25, 0.3) is 11.3 Å². The van der Waals surface area contributed by atoms with E-state index in [1.807, 2.05) is 30.3 Å². The molecule has 1 heterocycles. The van der Waals surface area contributed by atoms with E-state index in [9.17, 15) is 0 Å². The molecule has 0 atom stereocenters. The minimum Gasteiger partial charge on any atom is -0.370 e. The average molecular weight is 209 g/mol. The first-order valence-electron chi connectivity index (χ1n) is 4.20. The number of benzene rings is 1. The zero-order chi connectivity index (χ0) is 9.97. The minimum absolute atomic E-state index is 0.710. The molecule has 72 valence electrons. The zero-order valence-electron chi connectivity index (χ0n) is 7.62. The van der Waals surface area contributed by atoms with Crippen LogP contribution in [0.15, 0.2) is 34.9 Å². The summed E-state index contributed by atoms with van der Waals surface area (Å²) in [6.07, 6.45) is 0. The van der Waals surface area contributed by atoms with Gasteiger partial charge in [0.05, 0.1) is 0 Å². The Morgan fingerprint density at radius 1 is 1.29 bits per heavy atom. The molecule has 0 saturated heterocycles. The molecule has 2 rings (SSSR count). The first kappa shape index (κ1) is 9.09. The molecule has 1 aromatic carbocycles. The van der Waals surface area contributed by atoms with Gasteiger partial charge in [-0.1, -0.05) is 16.8 Å². The van der Waals surface area contributed by atoms with Crippen molar-refractivity contribution in [3.8, 4) is 11.3 Å². The van der Waals surface area contributed by atoms with Crippen molar-refractivity contribution in [1.82, 2.24) is 5.16 Å². The number of halogens is 1. The number of rotatable bonds is 2. The Balaban J connectivity index is 2.34. The monoisotopic (exact) mass is 208 g/mol. The van der Waals surface area contributed by atoms with Gasteiger partial charge in [-0.05, 0) is 24.3 Å². The first-order chi connectivity index (χ1) is 6.79. The summed E-state index contributed by atoms with van der Waals surface area (Å²) in [4.78, 5) is 0. The predicted octanol–water partition coefficient (Wildman–Crippen LogP) is 3.04. The van der Waals surface area contributed by atoms with Crippen LogP contribution in [0.5, 0.6) is 0 Å². The van der Waals surface area contributed by atoms with Crippen molar-refractivity contribution in [3.05, 3.63) is 35.4 Å². The molecule has 0 aliphatic heterocycles. The van der Waals surface area contributed by atoms with E-state index in [1.165, 1.54) is 0 Å². The standard InChI is InChI=1S/C10H9ClN2O/c1-12-10-6-9(14-13-10)7-2-4-8(11)5-3-7/h2-6H,1H3,(H,12,13).